The van der Waals surface area contributed by atoms with Crippen LogP contribution in [0, 0.1) is 0 Å². The molecular formula is H6Na2O8S3. The van der Waals surface area contributed by atoms with Crippen LogP contribution in [-0.2, 0) is 30.6 Å². The van der Waals surface area contributed by atoms with E-state index in [1.54, 1.807) is 0 Å². The Morgan fingerprint density at radius 3 is 0.923 bits per heavy atom. The van der Waals surface area contributed by atoms with E-state index in [0.29, 0.717) is 0 Å². The second kappa shape index (κ2) is 12.2. The summed E-state index contributed by atoms with van der Waals surface area (Å²) < 4.78 is 65.2. The summed E-state index contributed by atoms with van der Waals surface area (Å²) in [6, 6.07) is 0. The predicted molar refractivity (Wildman–Crippen MR) is 50.0 cm³/mol. The average Bonchev–Trinajstić information content (AvgIpc) is 1.59. The Bertz CT molecular complexity index is 220. The zero-order chi connectivity index (χ0) is 9.65. The molecule has 0 radical (unpaired) electrons. The molecule has 0 heterocycles. The SMILES string of the molecule is O=S(=O)(O)O.O=S(O)S(=O)O.[NaH].[NaH]. The normalized spacial score (nSPS) is 13.5. The van der Waals surface area contributed by atoms with Crippen LogP contribution in [-0.4, -0.2) is 94.2 Å². The summed E-state index contributed by atoms with van der Waals surface area (Å²) in [5.41, 5.74) is 0. The molecule has 74 valence electrons. The molecule has 0 amide bonds. The average molecular weight is 276 g/mol. The third kappa shape index (κ3) is 55.5. The Morgan fingerprint density at radius 2 is 0.923 bits per heavy atom. The van der Waals surface area contributed by atoms with E-state index in [1.807, 2.05) is 0 Å². The van der Waals surface area contributed by atoms with Gasteiger partial charge in [0.1, 0.15) is 0 Å². The maximum absolute atomic E-state index is 9.26. The van der Waals surface area contributed by atoms with Gasteiger partial charge in [-0.3, -0.25) is 18.2 Å². The molecule has 0 bridgehead atoms. The zero-order valence-corrected chi connectivity index (χ0v) is 7.10. The van der Waals surface area contributed by atoms with Crippen molar-refractivity contribution in [3.63, 3.8) is 0 Å². The summed E-state index contributed by atoms with van der Waals surface area (Å²) in [6.07, 6.45) is 0. The molecule has 13 heavy (non-hydrogen) atoms. The van der Waals surface area contributed by atoms with Crippen LogP contribution in [0.1, 0.15) is 0 Å². The van der Waals surface area contributed by atoms with Crippen LogP contribution >= 0.6 is 0 Å². The van der Waals surface area contributed by atoms with E-state index in [9.17, 15) is 8.42 Å². The monoisotopic (exact) mass is 276 g/mol. The molecule has 0 aromatic carbocycles. The first-order chi connectivity index (χ1) is 4.64. The van der Waals surface area contributed by atoms with Gasteiger partial charge < -0.3 is 0 Å². The van der Waals surface area contributed by atoms with Crippen LogP contribution < -0.4 is 0 Å². The van der Waals surface area contributed by atoms with Crippen LogP contribution in [0.2, 0.25) is 0 Å². The molecule has 0 aromatic rings. The first kappa shape index (κ1) is 24.4. The zero-order valence-electron chi connectivity index (χ0n) is 4.65. The van der Waals surface area contributed by atoms with Gasteiger partial charge in [-0.1, -0.05) is 0 Å². The standard InChI is InChI=1S/2Na.H2O4S2.H2O4S.2H/c;;1-5(2)6(3)4;1-5(2,3)4;;/h;;(H,1,2)(H,3,4);(H2,1,2,3,4);;. The molecule has 0 spiro atoms. The van der Waals surface area contributed by atoms with E-state index in [4.69, 9.17) is 26.6 Å². The van der Waals surface area contributed by atoms with Gasteiger partial charge in [-0.15, -0.1) is 0 Å². The van der Waals surface area contributed by atoms with Crippen molar-refractivity contribution in [2.75, 3.05) is 0 Å². The summed E-state index contributed by atoms with van der Waals surface area (Å²) in [5, 5.41) is 0. The van der Waals surface area contributed by atoms with Crippen molar-refractivity contribution in [1.29, 1.82) is 0 Å². The van der Waals surface area contributed by atoms with Crippen molar-refractivity contribution >= 4 is 89.7 Å². The van der Waals surface area contributed by atoms with Crippen molar-refractivity contribution in [1.82, 2.24) is 0 Å². The summed E-state index contributed by atoms with van der Waals surface area (Å²) in [6.45, 7) is 0. The summed E-state index contributed by atoms with van der Waals surface area (Å²) in [5.74, 6) is 0. The van der Waals surface area contributed by atoms with Crippen molar-refractivity contribution in [2.45, 2.75) is 0 Å². The third-order valence-electron chi connectivity index (χ3n) is 0.122. The van der Waals surface area contributed by atoms with E-state index in [0.717, 1.165) is 0 Å². The van der Waals surface area contributed by atoms with Crippen LogP contribution in [0.3, 0.4) is 0 Å². The van der Waals surface area contributed by atoms with Crippen LogP contribution in [0.25, 0.3) is 0 Å². The van der Waals surface area contributed by atoms with E-state index in [2.05, 4.69) is 0 Å². The molecule has 0 saturated heterocycles. The molecule has 0 aromatic heterocycles. The Labute approximate surface area is 123 Å². The van der Waals surface area contributed by atoms with Crippen LogP contribution in [0.15, 0.2) is 0 Å². The van der Waals surface area contributed by atoms with Crippen LogP contribution in [0.5, 0.6) is 0 Å². The van der Waals surface area contributed by atoms with Gasteiger partial charge in [-0.25, -0.2) is 8.42 Å². The molecule has 8 nitrogen and oxygen atoms in total. The minimum atomic E-state index is -4.67. The van der Waals surface area contributed by atoms with Crippen molar-refractivity contribution in [2.24, 2.45) is 0 Å². The Morgan fingerprint density at radius 1 is 0.846 bits per heavy atom. The summed E-state index contributed by atoms with van der Waals surface area (Å²) in [4.78, 5) is 0. The van der Waals surface area contributed by atoms with Gasteiger partial charge >= 0.3 is 69.5 Å². The summed E-state index contributed by atoms with van der Waals surface area (Å²) in [7, 11) is -9.85. The quantitative estimate of drug-likeness (QED) is 0.176. The molecule has 2 unspecified atom stereocenters. The molecule has 0 aliphatic carbocycles. The second-order valence-corrected chi connectivity index (χ2v) is 4.36. The molecule has 0 rings (SSSR count). The van der Waals surface area contributed by atoms with Gasteiger partial charge in [0.15, 0.2) is 0 Å². The molecule has 0 saturated carbocycles. The van der Waals surface area contributed by atoms with Gasteiger partial charge in [-0.2, -0.15) is 8.42 Å². The maximum atomic E-state index is 9.26. The molecule has 13 heteroatoms. The van der Waals surface area contributed by atoms with Crippen molar-refractivity contribution in [3.8, 4) is 0 Å². The molecule has 2 atom stereocenters. The predicted octanol–water partition coefficient (Wildman–Crippen LogP) is -2.60. The second-order valence-electron chi connectivity index (χ2n) is 0.882. The Balaban J connectivity index is -0.0000000546. The van der Waals surface area contributed by atoms with Gasteiger partial charge in [0.25, 0.3) is 20.2 Å². The van der Waals surface area contributed by atoms with Crippen molar-refractivity contribution < 1.29 is 35.0 Å². The Kier molecular flexibility index (Phi) is 22.8. The fourth-order valence-corrected chi connectivity index (χ4v) is 0. The molecule has 0 aliphatic rings. The number of rotatable bonds is 1. The minimum absolute atomic E-state index is 0. The fraction of sp³-hybridized carbons (Fsp3) is 0. The van der Waals surface area contributed by atoms with Gasteiger partial charge in [0.2, 0.25) is 0 Å². The molecule has 4 N–H and O–H groups in total. The van der Waals surface area contributed by atoms with E-state index < -0.39 is 30.6 Å². The molecule has 0 fully saturated rings. The first-order valence-corrected chi connectivity index (χ1v) is 5.69. The summed E-state index contributed by atoms with van der Waals surface area (Å²) >= 11 is 0. The fourth-order valence-electron chi connectivity index (χ4n) is 0. The van der Waals surface area contributed by atoms with E-state index in [-0.39, 0.29) is 59.1 Å². The van der Waals surface area contributed by atoms with Crippen LogP contribution in [0.4, 0.5) is 0 Å². The van der Waals surface area contributed by atoms with Gasteiger partial charge in [0.05, 0.1) is 0 Å². The first-order valence-electron chi connectivity index (χ1n) is 1.56. The third-order valence-corrected chi connectivity index (χ3v) is 1.10. The molecular weight excluding hydrogens is 270 g/mol. The van der Waals surface area contributed by atoms with E-state index in [1.165, 1.54) is 0 Å². The Hall–Kier alpha value is 2.09. The van der Waals surface area contributed by atoms with E-state index >= 15 is 0 Å². The number of hydrogen-bond donors (Lipinski definition) is 4. The van der Waals surface area contributed by atoms with Gasteiger partial charge in [0, 0.05) is 0 Å². The topological polar surface area (TPSA) is 149 Å². The van der Waals surface area contributed by atoms with Gasteiger partial charge in [-0.05, 0) is 0 Å². The number of hydrogen-bond acceptors (Lipinski definition) is 4. The molecule has 0 aliphatic heterocycles. The van der Waals surface area contributed by atoms with Crippen molar-refractivity contribution in [3.05, 3.63) is 0 Å².